The van der Waals surface area contributed by atoms with Crippen LogP contribution in [0.25, 0.3) is 0 Å². The molecule has 0 aliphatic carbocycles. The quantitative estimate of drug-likeness (QED) is 0.637. The van der Waals surface area contributed by atoms with E-state index in [1.165, 1.54) is 11.1 Å². The molecule has 1 aromatic heterocycles. The van der Waals surface area contributed by atoms with Crippen LogP contribution in [-0.4, -0.2) is 0 Å². The minimum absolute atomic E-state index is 0.981. The van der Waals surface area contributed by atoms with Gasteiger partial charge in [0.25, 0.3) is 0 Å². The predicted octanol–water partition coefficient (Wildman–Crippen LogP) is 2.20. The molecular weight excluding hydrogens is 130 g/mol. The summed E-state index contributed by atoms with van der Waals surface area (Å²) in [6, 6.07) is 0. The third-order valence-electron chi connectivity index (χ3n) is 1.49. The Balaban J connectivity index is 3.07. The van der Waals surface area contributed by atoms with Crippen LogP contribution in [0.1, 0.15) is 18.1 Å². The fraction of sp³-hybridized carbons (Fsp3) is 0.429. The first-order valence-electron chi connectivity index (χ1n) is 3.08. The monoisotopic (exact) mass is 141 g/mol. The zero-order valence-corrected chi connectivity index (χ0v) is 6.59. The molecule has 2 N–H and O–H groups in total. The first-order valence-corrected chi connectivity index (χ1v) is 3.96. The molecule has 0 radical (unpaired) electrons. The van der Waals surface area contributed by atoms with E-state index in [0.29, 0.717) is 0 Å². The molecular formula is C7H11NS. The Hall–Kier alpha value is -0.500. The van der Waals surface area contributed by atoms with Gasteiger partial charge >= 0.3 is 0 Å². The lowest BCUT2D eigenvalue weighted by molar-refractivity contribution is 1.13. The minimum atomic E-state index is 0.981. The number of aryl methyl sites for hydroxylation is 1. The minimum Gasteiger partial charge on any atom is -0.390 e. The van der Waals surface area contributed by atoms with Crippen molar-refractivity contribution in [3.8, 4) is 0 Å². The summed E-state index contributed by atoms with van der Waals surface area (Å²) >= 11 is 1.63. The predicted molar refractivity (Wildman–Crippen MR) is 42.8 cm³/mol. The van der Waals surface area contributed by atoms with Crippen molar-refractivity contribution in [2.24, 2.45) is 0 Å². The first-order chi connectivity index (χ1) is 4.25. The summed E-state index contributed by atoms with van der Waals surface area (Å²) < 4.78 is 0. The maximum atomic E-state index is 5.67. The van der Waals surface area contributed by atoms with Gasteiger partial charge in [0, 0.05) is 0 Å². The van der Waals surface area contributed by atoms with Crippen molar-refractivity contribution in [3.05, 3.63) is 16.5 Å². The molecule has 0 spiro atoms. The summed E-state index contributed by atoms with van der Waals surface area (Å²) in [4.78, 5) is 0. The van der Waals surface area contributed by atoms with Crippen LogP contribution in [0.3, 0.4) is 0 Å². The van der Waals surface area contributed by atoms with Gasteiger partial charge in [-0.1, -0.05) is 6.92 Å². The van der Waals surface area contributed by atoms with Gasteiger partial charge in [-0.05, 0) is 29.9 Å². The fourth-order valence-corrected chi connectivity index (χ4v) is 1.84. The molecule has 0 saturated carbocycles. The van der Waals surface area contributed by atoms with Crippen molar-refractivity contribution in [2.75, 3.05) is 5.73 Å². The number of anilines is 1. The van der Waals surface area contributed by atoms with Crippen LogP contribution in [0.5, 0.6) is 0 Å². The third-order valence-corrected chi connectivity index (χ3v) is 2.46. The number of hydrogen-bond donors (Lipinski definition) is 1. The molecule has 2 heteroatoms. The van der Waals surface area contributed by atoms with Gasteiger partial charge in [-0.2, -0.15) is 0 Å². The van der Waals surface area contributed by atoms with E-state index in [-0.39, 0.29) is 0 Å². The molecule has 0 aromatic carbocycles. The molecule has 1 aromatic rings. The highest BCUT2D eigenvalue weighted by molar-refractivity contribution is 7.14. The average molecular weight is 141 g/mol. The number of rotatable bonds is 1. The maximum Gasteiger partial charge on any atom is 0.0891 e. The van der Waals surface area contributed by atoms with Gasteiger partial charge in [-0.25, -0.2) is 0 Å². The molecule has 9 heavy (non-hydrogen) atoms. The smallest absolute Gasteiger partial charge is 0.0891 e. The molecule has 50 valence electrons. The number of hydrogen-bond acceptors (Lipinski definition) is 2. The van der Waals surface area contributed by atoms with E-state index >= 15 is 0 Å². The van der Waals surface area contributed by atoms with Gasteiger partial charge < -0.3 is 5.73 Å². The summed E-state index contributed by atoms with van der Waals surface area (Å²) in [7, 11) is 0. The Morgan fingerprint density at radius 3 is 2.56 bits per heavy atom. The summed E-state index contributed by atoms with van der Waals surface area (Å²) in [5, 5.41) is 3.09. The van der Waals surface area contributed by atoms with Crippen molar-refractivity contribution in [1.29, 1.82) is 0 Å². The standard InChI is InChI=1S/C7H11NS/c1-3-6-5(2)4-9-7(6)8/h4H,3,8H2,1-2H3. The molecule has 1 nitrogen and oxygen atoms in total. The number of nitrogen functional groups attached to an aromatic ring is 1. The van der Waals surface area contributed by atoms with Gasteiger partial charge in [-0.3, -0.25) is 0 Å². The van der Waals surface area contributed by atoms with E-state index in [0.717, 1.165) is 11.4 Å². The van der Waals surface area contributed by atoms with E-state index in [4.69, 9.17) is 5.73 Å². The van der Waals surface area contributed by atoms with Gasteiger partial charge in [0.15, 0.2) is 0 Å². The Morgan fingerprint density at radius 1 is 1.67 bits per heavy atom. The van der Waals surface area contributed by atoms with Gasteiger partial charge in [0.2, 0.25) is 0 Å². The SMILES string of the molecule is CCc1c(C)csc1N. The van der Waals surface area contributed by atoms with Crippen LogP contribution in [-0.2, 0) is 6.42 Å². The number of nitrogens with two attached hydrogens (primary N) is 1. The number of thiophene rings is 1. The molecule has 0 aliphatic rings. The van der Waals surface area contributed by atoms with Crippen LogP contribution in [0, 0.1) is 6.92 Å². The molecule has 1 rings (SSSR count). The lowest BCUT2D eigenvalue weighted by Gasteiger charge is -1.93. The Morgan fingerprint density at radius 2 is 2.33 bits per heavy atom. The summed E-state index contributed by atoms with van der Waals surface area (Å²) in [5.41, 5.74) is 8.32. The Bertz CT molecular complexity index is 183. The molecule has 0 atom stereocenters. The molecule has 1 heterocycles. The zero-order valence-electron chi connectivity index (χ0n) is 5.77. The normalized spacial score (nSPS) is 10.0. The second-order valence-electron chi connectivity index (χ2n) is 2.12. The van der Waals surface area contributed by atoms with Gasteiger partial charge in [-0.15, -0.1) is 11.3 Å². The topological polar surface area (TPSA) is 26.0 Å². The van der Waals surface area contributed by atoms with Crippen LogP contribution < -0.4 is 5.73 Å². The van der Waals surface area contributed by atoms with E-state index < -0.39 is 0 Å². The average Bonchev–Trinajstić information content (AvgIpc) is 2.12. The van der Waals surface area contributed by atoms with E-state index in [9.17, 15) is 0 Å². The van der Waals surface area contributed by atoms with Crippen LogP contribution in [0.2, 0.25) is 0 Å². The molecule has 0 aliphatic heterocycles. The molecule has 0 bridgehead atoms. The zero-order chi connectivity index (χ0) is 6.85. The van der Waals surface area contributed by atoms with Crippen molar-refractivity contribution < 1.29 is 0 Å². The second kappa shape index (κ2) is 2.40. The van der Waals surface area contributed by atoms with E-state index in [1.807, 2.05) is 0 Å². The summed E-state index contributed by atoms with van der Waals surface area (Å²) in [6.45, 7) is 4.23. The lowest BCUT2D eigenvalue weighted by Crippen LogP contribution is -1.87. The van der Waals surface area contributed by atoms with Crippen LogP contribution >= 0.6 is 11.3 Å². The molecule has 0 unspecified atom stereocenters. The van der Waals surface area contributed by atoms with Crippen LogP contribution in [0.15, 0.2) is 5.38 Å². The van der Waals surface area contributed by atoms with Crippen molar-refractivity contribution in [3.63, 3.8) is 0 Å². The third kappa shape index (κ3) is 1.08. The maximum absolute atomic E-state index is 5.67. The van der Waals surface area contributed by atoms with E-state index in [1.54, 1.807) is 11.3 Å². The van der Waals surface area contributed by atoms with E-state index in [2.05, 4.69) is 19.2 Å². The van der Waals surface area contributed by atoms with Crippen molar-refractivity contribution in [2.45, 2.75) is 20.3 Å². The highest BCUT2D eigenvalue weighted by atomic mass is 32.1. The van der Waals surface area contributed by atoms with Crippen molar-refractivity contribution >= 4 is 16.3 Å². The van der Waals surface area contributed by atoms with Gasteiger partial charge in [0.05, 0.1) is 5.00 Å². The summed E-state index contributed by atoms with van der Waals surface area (Å²) in [5.74, 6) is 0. The molecule has 0 amide bonds. The molecule has 0 saturated heterocycles. The fourth-order valence-electron chi connectivity index (χ4n) is 0.942. The van der Waals surface area contributed by atoms with Crippen LogP contribution in [0.4, 0.5) is 5.00 Å². The van der Waals surface area contributed by atoms with Crippen molar-refractivity contribution in [1.82, 2.24) is 0 Å². The second-order valence-corrected chi connectivity index (χ2v) is 3.03. The summed E-state index contributed by atoms with van der Waals surface area (Å²) in [6.07, 6.45) is 1.06. The highest BCUT2D eigenvalue weighted by Crippen LogP contribution is 2.24. The Labute approximate surface area is 59.5 Å². The highest BCUT2D eigenvalue weighted by Gasteiger charge is 2.00. The van der Waals surface area contributed by atoms with Gasteiger partial charge in [0.1, 0.15) is 0 Å². The lowest BCUT2D eigenvalue weighted by atomic mass is 10.2. The molecule has 0 fully saturated rings. The largest absolute Gasteiger partial charge is 0.390 e. The first kappa shape index (κ1) is 6.62. The Kier molecular flexibility index (Phi) is 1.76.